The molecule has 0 bridgehead atoms. The third-order valence-corrected chi connectivity index (χ3v) is 2.47. The summed E-state index contributed by atoms with van der Waals surface area (Å²) < 4.78 is 5.18. The largest absolute Gasteiger partial charge is 0.478 e. The third-order valence-electron chi connectivity index (χ3n) is 2.47. The second kappa shape index (κ2) is 7.47. The van der Waals surface area contributed by atoms with Crippen LogP contribution in [0.15, 0.2) is 42.5 Å². The van der Waals surface area contributed by atoms with Gasteiger partial charge in [0.15, 0.2) is 0 Å². The number of benzene rings is 1. The van der Waals surface area contributed by atoms with Crippen molar-refractivity contribution in [3.8, 4) is 0 Å². The lowest BCUT2D eigenvalue weighted by atomic mass is 10.1. The van der Waals surface area contributed by atoms with Crippen molar-refractivity contribution in [1.82, 2.24) is 5.32 Å². The fourth-order valence-electron chi connectivity index (χ4n) is 1.69. The Hall–Kier alpha value is -2.30. The second-order valence-corrected chi connectivity index (χ2v) is 5.64. The molecule has 1 aromatic carbocycles. The van der Waals surface area contributed by atoms with Gasteiger partial charge in [0.1, 0.15) is 5.60 Å². The molecule has 0 saturated carbocycles. The first-order chi connectivity index (χ1) is 9.76. The van der Waals surface area contributed by atoms with Crippen LogP contribution >= 0.6 is 0 Å². The van der Waals surface area contributed by atoms with Crippen LogP contribution in [0.4, 0.5) is 4.79 Å². The molecule has 0 aromatic heterocycles. The normalized spacial score (nSPS) is 12.9. The Morgan fingerprint density at radius 3 is 2.43 bits per heavy atom. The highest BCUT2D eigenvalue weighted by Gasteiger charge is 2.18. The Bertz CT molecular complexity index is 503. The van der Waals surface area contributed by atoms with Crippen molar-refractivity contribution in [1.29, 1.82) is 0 Å². The molecule has 0 aliphatic rings. The van der Waals surface area contributed by atoms with Crippen LogP contribution in [0.5, 0.6) is 0 Å². The number of amides is 1. The summed E-state index contributed by atoms with van der Waals surface area (Å²) in [7, 11) is 0. The Balaban J connectivity index is 2.73. The number of hydrogen-bond acceptors (Lipinski definition) is 3. The van der Waals surface area contributed by atoms with Crippen molar-refractivity contribution in [3.63, 3.8) is 0 Å². The van der Waals surface area contributed by atoms with Gasteiger partial charge < -0.3 is 15.2 Å². The van der Waals surface area contributed by atoms with Crippen molar-refractivity contribution in [3.05, 3.63) is 48.0 Å². The number of carbonyl (C=O) groups excluding carboxylic acids is 1. The summed E-state index contributed by atoms with van der Waals surface area (Å²) in [5.41, 5.74) is 0.395. The molecule has 5 heteroatoms. The Morgan fingerprint density at radius 1 is 1.29 bits per heavy atom. The van der Waals surface area contributed by atoms with E-state index in [1.165, 1.54) is 6.08 Å². The molecule has 0 unspecified atom stereocenters. The minimum absolute atomic E-state index is 0.446. The summed E-state index contributed by atoms with van der Waals surface area (Å²) in [6.45, 7) is 5.31. The zero-order chi connectivity index (χ0) is 15.9. The predicted octanol–water partition coefficient (Wildman–Crippen LogP) is 2.76. The smallest absolute Gasteiger partial charge is 0.408 e. The second-order valence-electron chi connectivity index (χ2n) is 5.64. The van der Waals surface area contributed by atoms with Gasteiger partial charge in [0.25, 0.3) is 0 Å². The van der Waals surface area contributed by atoms with Gasteiger partial charge in [-0.2, -0.15) is 0 Å². The van der Waals surface area contributed by atoms with Crippen LogP contribution in [0.1, 0.15) is 26.3 Å². The van der Waals surface area contributed by atoms with Gasteiger partial charge in [-0.3, -0.25) is 0 Å². The summed E-state index contributed by atoms with van der Waals surface area (Å²) in [6, 6.07) is 9.06. The molecule has 0 saturated heterocycles. The minimum atomic E-state index is -1.06. The molecule has 114 valence electrons. The van der Waals surface area contributed by atoms with Gasteiger partial charge in [-0.25, -0.2) is 9.59 Å². The number of carbonyl (C=O) groups is 2. The molecule has 0 radical (unpaired) electrons. The van der Waals surface area contributed by atoms with Crippen LogP contribution in [-0.2, 0) is 16.0 Å². The van der Waals surface area contributed by atoms with Gasteiger partial charge in [-0.15, -0.1) is 0 Å². The molecule has 0 heterocycles. The van der Waals surface area contributed by atoms with Crippen molar-refractivity contribution < 1.29 is 19.4 Å². The number of carboxylic acid groups (broad SMARTS) is 1. The average molecular weight is 291 g/mol. The van der Waals surface area contributed by atoms with Gasteiger partial charge in [0.2, 0.25) is 0 Å². The molecule has 2 N–H and O–H groups in total. The van der Waals surface area contributed by atoms with E-state index in [4.69, 9.17) is 9.84 Å². The standard InChI is InChI=1S/C16H21NO4/c1-16(2,3)21-15(20)17-13(9-10-14(18)19)11-12-7-5-4-6-8-12/h4-10,13H,11H2,1-3H3,(H,17,20)(H,18,19)/b10-9+/t13-/m0/s1. The van der Waals surface area contributed by atoms with E-state index in [0.29, 0.717) is 6.42 Å². The maximum atomic E-state index is 11.8. The Labute approximate surface area is 124 Å². The maximum Gasteiger partial charge on any atom is 0.408 e. The minimum Gasteiger partial charge on any atom is -0.478 e. The lowest BCUT2D eigenvalue weighted by Crippen LogP contribution is -2.39. The van der Waals surface area contributed by atoms with E-state index in [9.17, 15) is 9.59 Å². The first-order valence-electron chi connectivity index (χ1n) is 6.71. The van der Waals surface area contributed by atoms with Gasteiger partial charge in [-0.05, 0) is 32.8 Å². The van der Waals surface area contributed by atoms with E-state index in [0.717, 1.165) is 11.6 Å². The van der Waals surface area contributed by atoms with E-state index in [-0.39, 0.29) is 0 Å². The summed E-state index contributed by atoms with van der Waals surface area (Å²) >= 11 is 0. The molecular formula is C16H21NO4. The predicted molar refractivity (Wildman–Crippen MR) is 80.1 cm³/mol. The van der Waals surface area contributed by atoms with Crippen LogP contribution in [0.3, 0.4) is 0 Å². The van der Waals surface area contributed by atoms with Crippen LogP contribution in [0.25, 0.3) is 0 Å². The number of hydrogen-bond donors (Lipinski definition) is 2. The summed E-state index contributed by atoms with van der Waals surface area (Å²) in [6.07, 6.45) is 2.38. The first-order valence-corrected chi connectivity index (χ1v) is 6.71. The number of alkyl carbamates (subject to hydrolysis) is 1. The zero-order valence-electron chi connectivity index (χ0n) is 12.5. The van der Waals surface area contributed by atoms with Crippen molar-refractivity contribution in [2.75, 3.05) is 0 Å². The monoisotopic (exact) mass is 291 g/mol. The Morgan fingerprint density at radius 2 is 1.90 bits per heavy atom. The molecule has 0 spiro atoms. The van der Waals surface area contributed by atoms with Crippen molar-refractivity contribution in [2.45, 2.75) is 38.8 Å². The fraction of sp³-hybridized carbons (Fsp3) is 0.375. The van der Waals surface area contributed by atoms with Gasteiger partial charge in [0.05, 0.1) is 6.04 Å². The molecular weight excluding hydrogens is 270 g/mol. The van der Waals surface area contributed by atoms with Crippen LogP contribution in [-0.4, -0.2) is 28.8 Å². The highest BCUT2D eigenvalue weighted by atomic mass is 16.6. The SMILES string of the molecule is CC(C)(C)OC(=O)N[C@@H](/C=C/C(=O)O)Cc1ccccc1. The van der Waals surface area contributed by atoms with E-state index in [1.54, 1.807) is 20.8 Å². The van der Waals surface area contributed by atoms with Crippen LogP contribution in [0.2, 0.25) is 0 Å². The van der Waals surface area contributed by atoms with Gasteiger partial charge in [-0.1, -0.05) is 36.4 Å². The maximum absolute atomic E-state index is 11.8. The topological polar surface area (TPSA) is 75.6 Å². The molecule has 21 heavy (non-hydrogen) atoms. The molecule has 0 aliphatic heterocycles. The number of aliphatic carboxylic acids is 1. The number of ether oxygens (including phenoxy) is 1. The number of rotatable bonds is 5. The van der Waals surface area contributed by atoms with Gasteiger partial charge in [0, 0.05) is 6.08 Å². The molecule has 1 aromatic rings. The number of carboxylic acids is 1. The first kappa shape index (κ1) is 16.8. The van der Waals surface area contributed by atoms with Gasteiger partial charge >= 0.3 is 12.1 Å². The van der Waals surface area contributed by atoms with Crippen molar-refractivity contribution >= 4 is 12.1 Å². The summed E-state index contributed by atoms with van der Waals surface area (Å²) in [5, 5.41) is 11.4. The zero-order valence-corrected chi connectivity index (χ0v) is 12.5. The lowest BCUT2D eigenvalue weighted by Gasteiger charge is -2.22. The molecule has 1 amide bonds. The molecule has 0 aliphatic carbocycles. The lowest BCUT2D eigenvalue weighted by molar-refractivity contribution is -0.131. The van der Waals surface area contributed by atoms with Crippen molar-refractivity contribution in [2.24, 2.45) is 0 Å². The average Bonchev–Trinajstić information content (AvgIpc) is 2.34. The summed E-state index contributed by atoms with van der Waals surface area (Å²) in [4.78, 5) is 22.4. The van der Waals surface area contributed by atoms with E-state index in [2.05, 4.69) is 5.32 Å². The molecule has 0 fully saturated rings. The highest BCUT2D eigenvalue weighted by molar-refractivity contribution is 5.80. The molecule has 5 nitrogen and oxygen atoms in total. The van der Waals surface area contributed by atoms with E-state index < -0.39 is 23.7 Å². The highest BCUT2D eigenvalue weighted by Crippen LogP contribution is 2.09. The molecule has 1 atom stereocenters. The van der Waals surface area contributed by atoms with Crippen LogP contribution < -0.4 is 5.32 Å². The van der Waals surface area contributed by atoms with E-state index >= 15 is 0 Å². The number of nitrogens with one attached hydrogen (secondary N) is 1. The third kappa shape index (κ3) is 7.77. The molecule has 1 rings (SSSR count). The van der Waals surface area contributed by atoms with Crippen LogP contribution in [0, 0.1) is 0 Å². The fourth-order valence-corrected chi connectivity index (χ4v) is 1.69. The quantitative estimate of drug-likeness (QED) is 0.818. The van der Waals surface area contributed by atoms with E-state index in [1.807, 2.05) is 30.3 Å². The summed E-state index contributed by atoms with van der Waals surface area (Å²) in [5.74, 6) is -1.06. The Kier molecular flexibility index (Phi) is 5.96.